The van der Waals surface area contributed by atoms with Crippen LogP contribution in [0.3, 0.4) is 0 Å². The highest BCUT2D eigenvalue weighted by Crippen LogP contribution is 2.24. The molecule has 1 aromatic rings. The number of hydrogen-bond donors (Lipinski definition) is 1. The fourth-order valence-electron chi connectivity index (χ4n) is 0.904. The average Bonchev–Trinajstić information content (AvgIpc) is 2.18. The standard InChI is InChI=1S/C8H4F3N3O2/c9-8(10,11)16-6-1-4(3-15)7(13)5(2-12)14-6/h1,3H,13H2. The molecule has 0 atom stereocenters. The zero-order chi connectivity index (χ0) is 12.3. The molecule has 84 valence electrons. The molecule has 0 radical (unpaired) electrons. The van der Waals surface area contributed by atoms with E-state index < -0.39 is 17.9 Å². The molecule has 0 saturated carbocycles. The summed E-state index contributed by atoms with van der Waals surface area (Å²) in [6.07, 6.45) is -4.74. The van der Waals surface area contributed by atoms with E-state index in [2.05, 4.69) is 9.72 Å². The quantitative estimate of drug-likeness (QED) is 0.773. The number of pyridine rings is 1. The van der Waals surface area contributed by atoms with E-state index in [-0.39, 0.29) is 17.5 Å². The van der Waals surface area contributed by atoms with Crippen LogP contribution < -0.4 is 10.5 Å². The fourth-order valence-corrected chi connectivity index (χ4v) is 0.904. The van der Waals surface area contributed by atoms with Crippen molar-refractivity contribution in [1.82, 2.24) is 4.98 Å². The van der Waals surface area contributed by atoms with Crippen molar-refractivity contribution in [1.29, 1.82) is 5.26 Å². The van der Waals surface area contributed by atoms with Gasteiger partial charge in [0.05, 0.1) is 5.69 Å². The molecule has 0 aliphatic carbocycles. The predicted molar refractivity (Wildman–Crippen MR) is 45.4 cm³/mol. The molecule has 0 aromatic carbocycles. The van der Waals surface area contributed by atoms with Crippen LogP contribution in [0.1, 0.15) is 16.1 Å². The van der Waals surface area contributed by atoms with Crippen molar-refractivity contribution in [3.05, 3.63) is 17.3 Å². The Bertz CT molecular complexity index is 465. The Morgan fingerprint density at radius 3 is 2.62 bits per heavy atom. The Balaban J connectivity index is 3.24. The van der Waals surface area contributed by atoms with Gasteiger partial charge in [0.2, 0.25) is 5.88 Å². The Labute approximate surface area is 87.3 Å². The van der Waals surface area contributed by atoms with Crippen molar-refractivity contribution in [2.45, 2.75) is 6.36 Å². The molecule has 2 N–H and O–H groups in total. The lowest BCUT2D eigenvalue weighted by molar-refractivity contribution is -0.276. The highest BCUT2D eigenvalue weighted by atomic mass is 19.4. The number of hydrogen-bond acceptors (Lipinski definition) is 5. The van der Waals surface area contributed by atoms with E-state index in [1.807, 2.05) is 0 Å². The molecule has 0 aliphatic heterocycles. The first-order valence-electron chi connectivity index (χ1n) is 3.79. The summed E-state index contributed by atoms with van der Waals surface area (Å²) >= 11 is 0. The number of aromatic nitrogens is 1. The van der Waals surface area contributed by atoms with Crippen LogP contribution in [0, 0.1) is 11.3 Å². The van der Waals surface area contributed by atoms with E-state index in [1.165, 1.54) is 6.07 Å². The number of nitrogens with two attached hydrogens (primary N) is 1. The summed E-state index contributed by atoms with van der Waals surface area (Å²) in [6, 6.07) is 2.16. The van der Waals surface area contributed by atoms with E-state index in [9.17, 15) is 18.0 Å². The van der Waals surface area contributed by atoms with Crippen LogP contribution in [0.5, 0.6) is 5.88 Å². The topological polar surface area (TPSA) is 89.0 Å². The summed E-state index contributed by atoms with van der Waals surface area (Å²) in [7, 11) is 0. The third-order valence-corrected chi connectivity index (χ3v) is 1.52. The molecule has 1 rings (SSSR count). The monoisotopic (exact) mass is 231 g/mol. The molecule has 0 amide bonds. The Kier molecular flexibility index (Phi) is 2.99. The average molecular weight is 231 g/mol. The van der Waals surface area contributed by atoms with E-state index >= 15 is 0 Å². The van der Waals surface area contributed by atoms with E-state index in [0.29, 0.717) is 6.07 Å². The van der Waals surface area contributed by atoms with Gasteiger partial charge in [-0.3, -0.25) is 4.79 Å². The maximum absolute atomic E-state index is 11.8. The number of nitriles is 1. The number of nitrogens with zero attached hydrogens (tertiary/aromatic N) is 2. The lowest BCUT2D eigenvalue weighted by Crippen LogP contribution is -2.18. The molecule has 0 aliphatic rings. The number of alkyl halides is 3. The largest absolute Gasteiger partial charge is 0.574 e. The van der Waals surface area contributed by atoms with Crippen molar-refractivity contribution >= 4 is 12.0 Å². The second-order valence-corrected chi connectivity index (χ2v) is 2.59. The summed E-state index contributed by atoms with van der Waals surface area (Å²) in [5.41, 5.74) is 4.22. The molecule has 0 unspecified atom stereocenters. The van der Waals surface area contributed by atoms with Crippen LogP contribution in [0.15, 0.2) is 6.07 Å². The Hall–Kier alpha value is -2.30. The summed E-state index contributed by atoms with van der Waals surface area (Å²) in [6.45, 7) is 0. The summed E-state index contributed by atoms with van der Waals surface area (Å²) in [4.78, 5) is 13.7. The van der Waals surface area contributed by atoms with E-state index in [1.54, 1.807) is 0 Å². The van der Waals surface area contributed by atoms with Gasteiger partial charge in [-0.25, -0.2) is 4.98 Å². The van der Waals surface area contributed by atoms with Gasteiger partial charge in [-0.2, -0.15) is 5.26 Å². The minimum Gasteiger partial charge on any atom is -0.396 e. The van der Waals surface area contributed by atoms with Crippen LogP contribution in [-0.4, -0.2) is 17.6 Å². The van der Waals surface area contributed by atoms with Crippen molar-refractivity contribution < 1.29 is 22.7 Å². The van der Waals surface area contributed by atoms with Crippen molar-refractivity contribution in [3.63, 3.8) is 0 Å². The van der Waals surface area contributed by atoms with Crippen LogP contribution in [0.4, 0.5) is 18.9 Å². The van der Waals surface area contributed by atoms with Gasteiger partial charge < -0.3 is 10.5 Å². The van der Waals surface area contributed by atoms with Gasteiger partial charge in [-0.1, -0.05) is 0 Å². The summed E-state index contributed by atoms with van der Waals surface area (Å²) < 4.78 is 39.0. The molecule has 8 heteroatoms. The van der Waals surface area contributed by atoms with Crippen LogP contribution in [0.2, 0.25) is 0 Å². The van der Waals surface area contributed by atoms with Crippen molar-refractivity contribution in [3.8, 4) is 11.9 Å². The second kappa shape index (κ2) is 4.06. The normalized spacial score (nSPS) is 10.6. The first kappa shape index (κ1) is 11.8. The van der Waals surface area contributed by atoms with Gasteiger partial charge in [0, 0.05) is 11.6 Å². The Morgan fingerprint density at radius 1 is 1.56 bits per heavy atom. The van der Waals surface area contributed by atoms with Crippen LogP contribution in [0.25, 0.3) is 0 Å². The van der Waals surface area contributed by atoms with Gasteiger partial charge >= 0.3 is 6.36 Å². The fraction of sp³-hybridized carbons (Fsp3) is 0.125. The lowest BCUT2D eigenvalue weighted by atomic mass is 10.2. The minimum absolute atomic E-state index is 0.209. The zero-order valence-electron chi connectivity index (χ0n) is 7.58. The highest BCUT2D eigenvalue weighted by molar-refractivity contribution is 5.85. The molecular weight excluding hydrogens is 227 g/mol. The summed E-state index contributed by atoms with van der Waals surface area (Å²) in [5, 5.41) is 8.52. The molecule has 0 saturated heterocycles. The maximum Gasteiger partial charge on any atom is 0.574 e. The molecule has 0 spiro atoms. The zero-order valence-corrected chi connectivity index (χ0v) is 7.58. The van der Waals surface area contributed by atoms with Gasteiger partial charge in [0.25, 0.3) is 0 Å². The second-order valence-electron chi connectivity index (χ2n) is 2.59. The van der Waals surface area contributed by atoms with Gasteiger partial charge in [0.15, 0.2) is 12.0 Å². The number of ether oxygens (including phenoxy) is 1. The molecule has 0 fully saturated rings. The number of anilines is 1. The number of carbonyl (C=O) groups is 1. The highest BCUT2D eigenvalue weighted by Gasteiger charge is 2.32. The number of rotatable bonds is 2. The molecule has 16 heavy (non-hydrogen) atoms. The number of nitrogen functional groups attached to an aromatic ring is 1. The van der Waals surface area contributed by atoms with Crippen molar-refractivity contribution in [2.24, 2.45) is 0 Å². The maximum atomic E-state index is 11.8. The number of carbonyl (C=O) groups excluding carboxylic acids is 1. The molecular formula is C8H4F3N3O2. The molecule has 1 aromatic heterocycles. The van der Waals surface area contributed by atoms with Gasteiger partial charge in [-0.05, 0) is 0 Å². The number of aldehydes is 1. The predicted octanol–water partition coefficient (Wildman–Crippen LogP) is 1.25. The third-order valence-electron chi connectivity index (χ3n) is 1.52. The van der Waals surface area contributed by atoms with Gasteiger partial charge in [-0.15, -0.1) is 13.2 Å². The van der Waals surface area contributed by atoms with E-state index in [0.717, 1.165) is 0 Å². The third kappa shape index (κ3) is 2.60. The van der Waals surface area contributed by atoms with E-state index in [4.69, 9.17) is 11.0 Å². The first-order chi connectivity index (χ1) is 7.37. The minimum atomic E-state index is -4.95. The molecule has 1 heterocycles. The first-order valence-corrected chi connectivity index (χ1v) is 3.79. The molecule has 0 bridgehead atoms. The summed E-state index contributed by atoms with van der Waals surface area (Å²) in [5.74, 6) is -0.902. The van der Waals surface area contributed by atoms with Gasteiger partial charge in [0.1, 0.15) is 6.07 Å². The SMILES string of the molecule is N#Cc1nc(OC(F)(F)F)cc(C=O)c1N. The van der Waals surface area contributed by atoms with Crippen LogP contribution >= 0.6 is 0 Å². The smallest absolute Gasteiger partial charge is 0.396 e. The van der Waals surface area contributed by atoms with Crippen molar-refractivity contribution in [2.75, 3.05) is 5.73 Å². The molecule has 5 nitrogen and oxygen atoms in total. The number of halogens is 3. The Morgan fingerprint density at radius 2 is 2.19 bits per heavy atom. The van der Waals surface area contributed by atoms with Crippen LogP contribution in [-0.2, 0) is 0 Å². The lowest BCUT2D eigenvalue weighted by Gasteiger charge is -2.09.